The second kappa shape index (κ2) is 5.44. The van der Waals surface area contributed by atoms with Crippen molar-refractivity contribution in [3.63, 3.8) is 0 Å². The summed E-state index contributed by atoms with van der Waals surface area (Å²) in [7, 11) is -3.57. The number of hydrogen-bond donors (Lipinski definition) is 2. The van der Waals surface area contributed by atoms with Crippen LogP contribution in [-0.2, 0) is 16.4 Å². The molecule has 0 spiro atoms. The fraction of sp³-hybridized carbons (Fsp3) is 0.308. The van der Waals surface area contributed by atoms with Crippen molar-refractivity contribution in [3.8, 4) is 0 Å². The molecule has 2 N–H and O–H groups in total. The summed E-state index contributed by atoms with van der Waals surface area (Å²) in [4.78, 5) is 0.171. The minimum absolute atomic E-state index is 0.171. The van der Waals surface area contributed by atoms with Crippen LogP contribution in [-0.4, -0.2) is 18.6 Å². The van der Waals surface area contributed by atoms with Crippen molar-refractivity contribution in [2.24, 2.45) is 0 Å². The minimum Gasteiger partial charge on any atom is -0.281 e. The number of aromatic amines is 1. The van der Waals surface area contributed by atoms with Crippen molar-refractivity contribution < 1.29 is 8.42 Å². The summed E-state index contributed by atoms with van der Waals surface area (Å²) >= 11 is 0. The predicted molar refractivity (Wildman–Crippen MR) is 74.6 cm³/mol. The van der Waals surface area contributed by atoms with Gasteiger partial charge in [0, 0.05) is 5.69 Å². The molecular formula is C13H17N3O2S. The molecule has 0 aliphatic carbocycles. The van der Waals surface area contributed by atoms with Gasteiger partial charge < -0.3 is 0 Å². The van der Waals surface area contributed by atoms with Gasteiger partial charge in [-0.15, -0.1) is 0 Å². The van der Waals surface area contributed by atoms with E-state index in [2.05, 4.69) is 21.8 Å². The highest BCUT2D eigenvalue weighted by atomic mass is 32.2. The van der Waals surface area contributed by atoms with Crippen LogP contribution in [0.15, 0.2) is 35.4 Å². The van der Waals surface area contributed by atoms with E-state index in [1.807, 2.05) is 12.1 Å². The second-order valence-corrected chi connectivity index (χ2v) is 6.06. The van der Waals surface area contributed by atoms with Gasteiger partial charge in [-0.05, 0) is 31.0 Å². The average molecular weight is 279 g/mol. The molecule has 1 heterocycles. The van der Waals surface area contributed by atoms with E-state index in [1.165, 1.54) is 11.8 Å². The van der Waals surface area contributed by atoms with E-state index in [0.717, 1.165) is 12.8 Å². The molecule has 102 valence electrons. The van der Waals surface area contributed by atoms with Crippen molar-refractivity contribution in [3.05, 3.63) is 41.7 Å². The zero-order valence-corrected chi connectivity index (χ0v) is 11.8. The van der Waals surface area contributed by atoms with Gasteiger partial charge in [0.1, 0.15) is 4.90 Å². The lowest BCUT2D eigenvalue weighted by Crippen LogP contribution is -2.13. The Kier molecular flexibility index (Phi) is 3.90. The smallest absolute Gasteiger partial charge is 0.265 e. The van der Waals surface area contributed by atoms with E-state index in [9.17, 15) is 8.42 Å². The normalized spacial score (nSPS) is 11.5. The van der Waals surface area contributed by atoms with Gasteiger partial charge in [0.25, 0.3) is 10.0 Å². The molecule has 0 aliphatic rings. The van der Waals surface area contributed by atoms with Crippen LogP contribution in [0.4, 0.5) is 5.69 Å². The molecule has 0 fully saturated rings. The first-order valence-electron chi connectivity index (χ1n) is 6.14. The predicted octanol–water partition coefficient (Wildman–Crippen LogP) is 2.47. The average Bonchev–Trinajstić information content (AvgIpc) is 2.79. The van der Waals surface area contributed by atoms with Crippen LogP contribution >= 0.6 is 0 Å². The van der Waals surface area contributed by atoms with Crippen LogP contribution in [0.25, 0.3) is 0 Å². The van der Waals surface area contributed by atoms with Gasteiger partial charge in [-0.2, -0.15) is 5.10 Å². The lowest BCUT2D eigenvalue weighted by atomic mass is 10.1. The summed E-state index contributed by atoms with van der Waals surface area (Å²) in [5, 5.41) is 6.34. The van der Waals surface area contributed by atoms with E-state index in [1.54, 1.807) is 19.1 Å². The van der Waals surface area contributed by atoms with E-state index in [4.69, 9.17) is 0 Å². The molecule has 0 saturated carbocycles. The second-order valence-electron chi connectivity index (χ2n) is 4.41. The molecule has 1 aromatic heterocycles. The maximum absolute atomic E-state index is 12.1. The highest BCUT2D eigenvalue weighted by Crippen LogP contribution is 2.18. The number of rotatable bonds is 5. The van der Waals surface area contributed by atoms with E-state index >= 15 is 0 Å². The topological polar surface area (TPSA) is 74.8 Å². The van der Waals surface area contributed by atoms with Gasteiger partial charge >= 0.3 is 0 Å². The van der Waals surface area contributed by atoms with Crippen molar-refractivity contribution in [1.82, 2.24) is 10.2 Å². The molecule has 2 aromatic rings. The van der Waals surface area contributed by atoms with Crippen LogP contribution in [0.1, 0.15) is 24.6 Å². The summed E-state index contributed by atoms with van der Waals surface area (Å²) in [5.41, 5.74) is 2.28. The van der Waals surface area contributed by atoms with Crippen LogP contribution in [0, 0.1) is 6.92 Å². The van der Waals surface area contributed by atoms with Crippen LogP contribution < -0.4 is 4.72 Å². The van der Waals surface area contributed by atoms with Gasteiger partial charge in [-0.1, -0.05) is 25.5 Å². The largest absolute Gasteiger partial charge is 0.281 e. The van der Waals surface area contributed by atoms with Crippen LogP contribution in [0.2, 0.25) is 0 Å². The Balaban J connectivity index is 2.19. The quantitative estimate of drug-likeness (QED) is 0.883. The lowest BCUT2D eigenvalue weighted by molar-refractivity contribution is 0.600. The van der Waals surface area contributed by atoms with E-state index < -0.39 is 10.0 Å². The Morgan fingerprint density at radius 1 is 1.26 bits per heavy atom. The van der Waals surface area contributed by atoms with Crippen molar-refractivity contribution >= 4 is 15.7 Å². The molecule has 1 aromatic carbocycles. The van der Waals surface area contributed by atoms with Gasteiger partial charge in [0.05, 0.1) is 11.9 Å². The summed E-state index contributed by atoms with van der Waals surface area (Å²) in [5.74, 6) is 0. The Morgan fingerprint density at radius 2 is 1.95 bits per heavy atom. The Morgan fingerprint density at radius 3 is 2.47 bits per heavy atom. The standard InChI is InChI=1S/C13H17N3O2S/c1-3-4-11-5-7-12(8-6-11)16-19(17,18)13-9-14-15-10(13)2/h5-9,16H,3-4H2,1-2H3,(H,14,15). The molecule has 0 atom stereocenters. The summed E-state index contributed by atoms with van der Waals surface area (Å²) < 4.78 is 26.8. The Labute approximate surface area is 113 Å². The number of sulfonamides is 1. The summed E-state index contributed by atoms with van der Waals surface area (Å²) in [6.07, 6.45) is 3.37. The van der Waals surface area contributed by atoms with Crippen molar-refractivity contribution in [2.75, 3.05) is 4.72 Å². The summed E-state index contributed by atoms with van der Waals surface area (Å²) in [6.45, 7) is 3.78. The van der Waals surface area contributed by atoms with Gasteiger partial charge in [-0.3, -0.25) is 9.82 Å². The number of nitrogens with one attached hydrogen (secondary N) is 2. The molecule has 2 rings (SSSR count). The zero-order valence-electron chi connectivity index (χ0n) is 11.0. The molecule has 0 radical (unpaired) electrons. The third-order valence-corrected chi connectivity index (χ3v) is 4.31. The SMILES string of the molecule is CCCc1ccc(NS(=O)(=O)c2cn[nH]c2C)cc1. The molecular weight excluding hydrogens is 262 g/mol. The van der Waals surface area contributed by atoms with Gasteiger partial charge in [-0.25, -0.2) is 8.42 Å². The zero-order chi connectivity index (χ0) is 13.9. The van der Waals surface area contributed by atoms with E-state index in [-0.39, 0.29) is 4.90 Å². The van der Waals surface area contributed by atoms with Crippen LogP contribution in [0.5, 0.6) is 0 Å². The minimum atomic E-state index is -3.57. The number of hydrogen-bond acceptors (Lipinski definition) is 3. The number of H-pyrrole nitrogens is 1. The molecule has 0 aliphatic heterocycles. The first-order valence-corrected chi connectivity index (χ1v) is 7.63. The summed E-state index contributed by atoms with van der Waals surface area (Å²) in [6, 6.07) is 7.42. The third-order valence-electron chi connectivity index (χ3n) is 2.82. The molecule has 0 saturated heterocycles. The maximum Gasteiger partial charge on any atom is 0.265 e. The van der Waals surface area contributed by atoms with Gasteiger partial charge in [0.2, 0.25) is 0 Å². The number of benzene rings is 1. The Bertz CT molecular complexity index is 645. The number of anilines is 1. The number of aryl methyl sites for hydroxylation is 2. The first kappa shape index (κ1) is 13.6. The van der Waals surface area contributed by atoms with Crippen LogP contribution in [0.3, 0.4) is 0 Å². The monoisotopic (exact) mass is 279 g/mol. The lowest BCUT2D eigenvalue weighted by Gasteiger charge is -2.07. The third kappa shape index (κ3) is 3.14. The molecule has 6 heteroatoms. The maximum atomic E-state index is 12.1. The van der Waals surface area contributed by atoms with Crippen molar-refractivity contribution in [2.45, 2.75) is 31.6 Å². The van der Waals surface area contributed by atoms with E-state index in [0.29, 0.717) is 11.4 Å². The number of aromatic nitrogens is 2. The Hall–Kier alpha value is -1.82. The molecule has 5 nitrogen and oxygen atoms in total. The molecule has 0 unspecified atom stereocenters. The fourth-order valence-corrected chi connectivity index (χ4v) is 3.05. The highest BCUT2D eigenvalue weighted by molar-refractivity contribution is 7.92. The molecule has 19 heavy (non-hydrogen) atoms. The highest BCUT2D eigenvalue weighted by Gasteiger charge is 2.18. The first-order chi connectivity index (χ1) is 9.03. The fourth-order valence-electron chi connectivity index (χ4n) is 1.85. The molecule has 0 bridgehead atoms. The molecule has 0 amide bonds. The van der Waals surface area contributed by atoms with Crippen molar-refractivity contribution in [1.29, 1.82) is 0 Å². The van der Waals surface area contributed by atoms with Gasteiger partial charge in [0.15, 0.2) is 0 Å². The number of nitrogens with zero attached hydrogens (tertiary/aromatic N) is 1.